The van der Waals surface area contributed by atoms with E-state index in [1.807, 2.05) is 0 Å². The third-order valence-corrected chi connectivity index (χ3v) is 2.84. The number of hydrogen-bond acceptors (Lipinski definition) is 4. The number of aryl methyl sites for hydroxylation is 1. The SMILES string of the molecule is [2H]Cc1nc(Cl)c(C(=O)O)c(-c2ccncc2)c1OC. The second kappa shape index (κ2) is 5.24. The molecule has 0 unspecified atom stereocenters. The van der Waals surface area contributed by atoms with Crippen LogP contribution < -0.4 is 4.74 Å². The van der Waals surface area contributed by atoms with E-state index in [1.54, 1.807) is 12.1 Å². The van der Waals surface area contributed by atoms with Crippen LogP contribution >= 0.6 is 11.6 Å². The van der Waals surface area contributed by atoms with Gasteiger partial charge in [0.15, 0.2) is 0 Å². The molecule has 19 heavy (non-hydrogen) atoms. The lowest BCUT2D eigenvalue weighted by atomic mass is 10.0. The van der Waals surface area contributed by atoms with E-state index in [9.17, 15) is 9.90 Å². The molecule has 0 aliphatic carbocycles. The first-order chi connectivity index (χ1) is 9.60. The van der Waals surface area contributed by atoms with E-state index in [2.05, 4.69) is 9.97 Å². The lowest BCUT2D eigenvalue weighted by molar-refractivity contribution is 0.0697. The van der Waals surface area contributed by atoms with Crippen LogP contribution in [-0.4, -0.2) is 28.2 Å². The second-order valence-electron chi connectivity index (χ2n) is 3.67. The number of hydrogen-bond donors (Lipinski definition) is 1. The van der Waals surface area contributed by atoms with Gasteiger partial charge in [-0.15, -0.1) is 0 Å². The molecule has 0 saturated carbocycles. The van der Waals surface area contributed by atoms with Crippen molar-refractivity contribution in [2.24, 2.45) is 0 Å². The number of aromatic nitrogens is 2. The van der Waals surface area contributed by atoms with Crippen LogP contribution in [0.5, 0.6) is 5.75 Å². The van der Waals surface area contributed by atoms with Gasteiger partial charge in [0.25, 0.3) is 0 Å². The molecule has 0 aliphatic rings. The Kier molecular flexibility index (Phi) is 3.29. The number of halogens is 1. The van der Waals surface area contributed by atoms with Crippen molar-refractivity contribution in [2.75, 3.05) is 7.11 Å². The Morgan fingerprint density at radius 3 is 2.68 bits per heavy atom. The van der Waals surface area contributed by atoms with Crippen LogP contribution in [0.1, 0.15) is 17.4 Å². The molecule has 0 spiro atoms. The van der Waals surface area contributed by atoms with Gasteiger partial charge in [-0.2, -0.15) is 0 Å². The minimum atomic E-state index is -1.20. The Labute approximate surface area is 116 Å². The number of ether oxygens (including phenoxy) is 1. The van der Waals surface area contributed by atoms with E-state index >= 15 is 0 Å². The summed E-state index contributed by atoms with van der Waals surface area (Å²) in [5.41, 5.74) is 1.04. The first kappa shape index (κ1) is 11.9. The molecule has 0 saturated heterocycles. The van der Waals surface area contributed by atoms with E-state index in [1.165, 1.54) is 19.5 Å². The fourth-order valence-corrected chi connectivity index (χ4v) is 2.07. The smallest absolute Gasteiger partial charge is 0.339 e. The van der Waals surface area contributed by atoms with Crippen LogP contribution in [0.3, 0.4) is 0 Å². The number of carboxylic acid groups (broad SMARTS) is 1. The number of carboxylic acids is 1. The van der Waals surface area contributed by atoms with Crippen molar-refractivity contribution in [3.63, 3.8) is 0 Å². The molecule has 0 aromatic carbocycles. The predicted molar refractivity (Wildman–Crippen MR) is 70.7 cm³/mol. The quantitative estimate of drug-likeness (QED) is 0.875. The molecule has 2 heterocycles. The molecule has 5 nitrogen and oxygen atoms in total. The summed E-state index contributed by atoms with van der Waals surface area (Å²) in [5.74, 6) is -0.961. The van der Waals surface area contributed by atoms with E-state index in [0.29, 0.717) is 11.1 Å². The summed E-state index contributed by atoms with van der Waals surface area (Å²) in [6.45, 7) is -0.166. The fraction of sp³-hybridized carbons (Fsp3) is 0.154. The minimum absolute atomic E-state index is 0.146. The molecule has 0 fully saturated rings. The highest BCUT2D eigenvalue weighted by atomic mass is 35.5. The van der Waals surface area contributed by atoms with Gasteiger partial charge < -0.3 is 9.84 Å². The molecule has 2 rings (SSSR count). The standard InChI is InChI=1S/C13H11ClN2O3/c1-7-11(19-2)9(8-3-5-15-6-4-8)10(13(17)18)12(14)16-7/h3-6H,1-2H3,(H,17,18)/i1D. The fourth-order valence-electron chi connectivity index (χ4n) is 1.80. The number of carbonyl (C=O) groups is 1. The Morgan fingerprint density at radius 1 is 1.47 bits per heavy atom. The highest BCUT2D eigenvalue weighted by molar-refractivity contribution is 6.33. The van der Waals surface area contributed by atoms with Gasteiger partial charge >= 0.3 is 5.97 Å². The van der Waals surface area contributed by atoms with Crippen LogP contribution in [0.25, 0.3) is 11.1 Å². The topological polar surface area (TPSA) is 72.3 Å². The van der Waals surface area contributed by atoms with Crippen molar-refractivity contribution in [1.82, 2.24) is 9.97 Å². The molecule has 2 aromatic rings. The van der Waals surface area contributed by atoms with Gasteiger partial charge in [-0.05, 0) is 24.6 Å². The molecule has 0 bridgehead atoms. The van der Waals surface area contributed by atoms with Gasteiger partial charge in [-0.25, -0.2) is 9.78 Å². The summed E-state index contributed by atoms with van der Waals surface area (Å²) < 4.78 is 12.7. The largest absolute Gasteiger partial charge is 0.494 e. The monoisotopic (exact) mass is 279 g/mol. The maximum absolute atomic E-state index is 11.4. The Hall–Kier alpha value is -2.14. The van der Waals surface area contributed by atoms with Gasteiger partial charge in [0.05, 0.1) is 12.8 Å². The van der Waals surface area contributed by atoms with Crippen molar-refractivity contribution in [1.29, 1.82) is 0 Å². The molecule has 0 amide bonds. The second-order valence-corrected chi connectivity index (χ2v) is 4.03. The van der Waals surface area contributed by atoms with Gasteiger partial charge in [0, 0.05) is 19.3 Å². The zero-order valence-corrected chi connectivity index (χ0v) is 10.8. The molecule has 98 valence electrons. The van der Waals surface area contributed by atoms with Crippen LogP contribution in [0, 0.1) is 6.90 Å². The molecule has 0 aliphatic heterocycles. The van der Waals surface area contributed by atoms with Crippen LogP contribution in [0.4, 0.5) is 0 Å². The molecule has 0 radical (unpaired) electrons. The lowest BCUT2D eigenvalue weighted by Gasteiger charge is -2.14. The van der Waals surface area contributed by atoms with Crippen LogP contribution in [0.15, 0.2) is 24.5 Å². The number of rotatable bonds is 3. The number of methoxy groups -OCH3 is 1. The molecular formula is C13H11ClN2O3. The average molecular weight is 280 g/mol. The van der Waals surface area contributed by atoms with Crippen molar-refractivity contribution in [2.45, 2.75) is 6.90 Å². The minimum Gasteiger partial charge on any atom is -0.494 e. The van der Waals surface area contributed by atoms with Crippen molar-refractivity contribution in [3.05, 3.63) is 40.9 Å². The van der Waals surface area contributed by atoms with Crippen LogP contribution in [0.2, 0.25) is 5.15 Å². The summed E-state index contributed by atoms with van der Waals surface area (Å²) in [5, 5.41) is 9.19. The molecule has 1 N–H and O–H groups in total. The summed E-state index contributed by atoms with van der Waals surface area (Å²) in [6, 6.07) is 3.29. The van der Waals surface area contributed by atoms with E-state index < -0.39 is 5.97 Å². The zero-order valence-electron chi connectivity index (χ0n) is 11.1. The Bertz CT molecular complexity index is 650. The number of aromatic carboxylic acids is 1. The molecule has 6 heteroatoms. The van der Waals surface area contributed by atoms with E-state index in [4.69, 9.17) is 17.7 Å². The zero-order chi connectivity index (χ0) is 14.7. The Balaban J connectivity index is 2.86. The van der Waals surface area contributed by atoms with Crippen molar-refractivity contribution < 1.29 is 16.0 Å². The highest BCUT2D eigenvalue weighted by Crippen LogP contribution is 2.38. The number of pyridine rings is 2. The third-order valence-electron chi connectivity index (χ3n) is 2.57. The van der Waals surface area contributed by atoms with Crippen molar-refractivity contribution >= 4 is 17.6 Å². The van der Waals surface area contributed by atoms with Crippen molar-refractivity contribution in [3.8, 4) is 16.9 Å². The summed E-state index contributed by atoms with van der Waals surface area (Å²) in [7, 11) is 1.40. The molecule has 0 atom stereocenters. The van der Waals surface area contributed by atoms with E-state index in [-0.39, 0.29) is 29.1 Å². The summed E-state index contributed by atoms with van der Waals surface area (Å²) in [6.07, 6.45) is 3.07. The first-order valence-electron chi connectivity index (χ1n) is 6.00. The summed E-state index contributed by atoms with van der Waals surface area (Å²) >= 11 is 5.94. The predicted octanol–water partition coefficient (Wildman–Crippen LogP) is 2.81. The maximum Gasteiger partial charge on any atom is 0.339 e. The maximum atomic E-state index is 11.4. The molecular weight excluding hydrogens is 268 g/mol. The Morgan fingerprint density at radius 2 is 2.16 bits per heavy atom. The van der Waals surface area contributed by atoms with E-state index in [0.717, 1.165) is 0 Å². The van der Waals surface area contributed by atoms with Gasteiger partial charge in [0.2, 0.25) is 0 Å². The van der Waals surface area contributed by atoms with Gasteiger partial charge in [-0.3, -0.25) is 4.98 Å². The molecule has 2 aromatic heterocycles. The third kappa shape index (κ3) is 2.37. The average Bonchev–Trinajstić information content (AvgIpc) is 2.46. The normalized spacial score (nSPS) is 10.9. The lowest BCUT2D eigenvalue weighted by Crippen LogP contribution is -2.06. The van der Waals surface area contributed by atoms with Gasteiger partial charge in [-0.1, -0.05) is 11.6 Å². The van der Waals surface area contributed by atoms with Crippen LogP contribution in [-0.2, 0) is 0 Å². The number of nitrogens with zero attached hydrogens (tertiary/aromatic N) is 2. The van der Waals surface area contributed by atoms with Gasteiger partial charge in [0.1, 0.15) is 16.5 Å². The first-order valence-corrected chi connectivity index (χ1v) is 5.67. The highest BCUT2D eigenvalue weighted by Gasteiger charge is 2.23. The summed E-state index contributed by atoms with van der Waals surface area (Å²) in [4.78, 5) is 19.3.